The fourth-order valence-electron chi connectivity index (χ4n) is 3.39. The van der Waals surface area contributed by atoms with E-state index in [2.05, 4.69) is 4.98 Å². The molecule has 172 valence electrons. The second-order valence-corrected chi connectivity index (χ2v) is 10.2. The highest BCUT2D eigenvalue weighted by Gasteiger charge is 2.29. The molecular weight excluding hydrogens is 464 g/mol. The van der Waals surface area contributed by atoms with Crippen LogP contribution in [0.15, 0.2) is 64.1 Å². The van der Waals surface area contributed by atoms with Crippen LogP contribution >= 0.6 is 11.3 Å². The molecule has 33 heavy (non-hydrogen) atoms. The first-order valence-corrected chi connectivity index (χ1v) is 12.5. The van der Waals surface area contributed by atoms with E-state index in [4.69, 9.17) is 13.9 Å². The molecule has 0 atom stereocenters. The minimum absolute atomic E-state index is 0.0155. The molecule has 0 bridgehead atoms. The van der Waals surface area contributed by atoms with Gasteiger partial charge in [0.1, 0.15) is 27.5 Å². The average molecular weight is 487 g/mol. The first-order chi connectivity index (χ1) is 15.9. The second-order valence-electron chi connectivity index (χ2n) is 7.01. The number of nitrogens with zero attached hydrogens (tertiary/aromatic N) is 2. The molecule has 0 aliphatic rings. The highest BCUT2D eigenvalue weighted by molar-refractivity contribution is 7.91. The van der Waals surface area contributed by atoms with Crippen LogP contribution in [0.3, 0.4) is 0 Å². The number of aromatic nitrogens is 1. The van der Waals surface area contributed by atoms with Crippen molar-refractivity contribution in [2.45, 2.75) is 18.4 Å². The van der Waals surface area contributed by atoms with Crippen LogP contribution in [-0.4, -0.2) is 39.3 Å². The molecule has 0 N–H and O–H groups in total. The van der Waals surface area contributed by atoms with Gasteiger partial charge in [0.05, 0.1) is 43.2 Å². The Kier molecular flexibility index (Phi) is 6.39. The molecule has 2 aromatic carbocycles. The van der Waals surface area contributed by atoms with Crippen molar-refractivity contribution >= 4 is 42.4 Å². The zero-order chi connectivity index (χ0) is 23.6. The number of ether oxygens (including phenoxy) is 2. The molecule has 0 radical (unpaired) electrons. The highest BCUT2D eigenvalue weighted by atomic mass is 32.2. The van der Waals surface area contributed by atoms with Crippen molar-refractivity contribution in [3.63, 3.8) is 0 Å². The van der Waals surface area contributed by atoms with Crippen molar-refractivity contribution < 1.29 is 27.1 Å². The summed E-state index contributed by atoms with van der Waals surface area (Å²) in [7, 11) is -0.532. The fraction of sp³-hybridized carbons (Fsp3) is 0.217. The maximum Gasteiger partial charge on any atom is 0.261 e. The second kappa shape index (κ2) is 9.24. The average Bonchev–Trinajstić information content (AvgIpc) is 3.51. The monoisotopic (exact) mass is 486 g/mol. The van der Waals surface area contributed by atoms with Gasteiger partial charge in [0.2, 0.25) is 0 Å². The van der Waals surface area contributed by atoms with Gasteiger partial charge in [-0.2, -0.15) is 0 Å². The lowest BCUT2D eigenvalue weighted by Gasteiger charge is -2.20. The van der Waals surface area contributed by atoms with Crippen molar-refractivity contribution in [2.75, 3.05) is 24.9 Å². The van der Waals surface area contributed by atoms with Gasteiger partial charge in [-0.1, -0.05) is 30.4 Å². The van der Waals surface area contributed by atoms with Gasteiger partial charge in [0.15, 0.2) is 15.0 Å². The Morgan fingerprint density at radius 2 is 1.79 bits per heavy atom. The van der Waals surface area contributed by atoms with E-state index < -0.39 is 15.7 Å². The van der Waals surface area contributed by atoms with Gasteiger partial charge < -0.3 is 13.9 Å². The van der Waals surface area contributed by atoms with Gasteiger partial charge in [0.25, 0.3) is 5.91 Å². The Morgan fingerprint density at radius 3 is 2.45 bits per heavy atom. The third kappa shape index (κ3) is 4.31. The van der Waals surface area contributed by atoms with Crippen LogP contribution in [0.1, 0.15) is 23.0 Å². The number of furan rings is 1. The number of hydrogen-bond donors (Lipinski definition) is 0. The minimum atomic E-state index is -3.63. The minimum Gasteiger partial charge on any atom is -0.495 e. The number of hydrogen-bond acceptors (Lipinski definition) is 8. The van der Waals surface area contributed by atoms with E-state index in [-0.39, 0.29) is 22.8 Å². The van der Waals surface area contributed by atoms with Crippen molar-refractivity contribution in [3.05, 3.63) is 66.1 Å². The summed E-state index contributed by atoms with van der Waals surface area (Å²) in [6.07, 6.45) is 1.51. The number of carbonyl (C=O) groups is 1. The van der Waals surface area contributed by atoms with Crippen molar-refractivity contribution in [3.8, 4) is 11.5 Å². The molecular formula is C23H22N2O6S2. The van der Waals surface area contributed by atoms with Gasteiger partial charge in [-0.15, -0.1) is 0 Å². The van der Waals surface area contributed by atoms with Crippen molar-refractivity contribution in [2.24, 2.45) is 0 Å². The van der Waals surface area contributed by atoms with Gasteiger partial charge in [-0.05, 0) is 36.4 Å². The molecule has 0 spiro atoms. The smallest absolute Gasteiger partial charge is 0.261 e. The van der Waals surface area contributed by atoms with Crippen LogP contribution in [0.25, 0.3) is 10.2 Å². The quantitative estimate of drug-likeness (QED) is 0.360. The largest absolute Gasteiger partial charge is 0.495 e. The summed E-state index contributed by atoms with van der Waals surface area (Å²) in [5.41, 5.74) is 0.618. The lowest BCUT2D eigenvalue weighted by molar-refractivity contribution is 0.0980. The number of amides is 1. The molecule has 2 aromatic heterocycles. The summed E-state index contributed by atoms with van der Waals surface area (Å²) in [5.74, 6) is 1.03. The molecule has 0 fully saturated rings. The maximum atomic E-state index is 13.8. The van der Waals surface area contributed by atoms with Crippen LogP contribution in [-0.2, 0) is 16.4 Å². The summed E-state index contributed by atoms with van der Waals surface area (Å²) in [6.45, 7) is 1.61. The van der Waals surface area contributed by atoms with E-state index in [9.17, 15) is 13.2 Å². The number of benzene rings is 2. The number of anilines is 1. The SMILES string of the molecule is CCS(=O)(=O)c1ccccc1C(=O)N(Cc1ccco1)c1nc2c(OC)ccc(OC)c2s1. The molecule has 0 unspecified atom stereocenters. The van der Waals surface area contributed by atoms with Crippen molar-refractivity contribution in [1.82, 2.24) is 4.98 Å². The zero-order valence-corrected chi connectivity index (χ0v) is 19.9. The topological polar surface area (TPSA) is 98.9 Å². The van der Waals surface area contributed by atoms with E-state index in [1.54, 1.807) is 50.4 Å². The fourth-order valence-corrected chi connectivity index (χ4v) is 5.55. The molecule has 2 heterocycles. The van der Waals surface area contributed by atoms with Gasteiger partial charge >= 0.3 is 0 Å². The van der Waals surface area contributed by atoms with Gasteiger partial charge in [-0.3, -0.25) is 9.69 Å². The van der Waals surface area contributed by atoms with Gasteiger partial charge in [0, 0.05) is 0 Å². The Bertz CT molecular complexity index is 1350. The Hall–Kier alpha value is -3.37. The summed E-state index contributed by atoms with van der Waals surface area (Å²) >= 11 is 1.25. The van der Waals surface area contributed by atoms with Crippen LogP contribution in [0, 0.1) is 0 Å². The Labute approximate surface area is 195 Å². The third-order valence-electron chi connectivity index (χ3n) is 5.10. The Morgan fingerprint density at radius 1 is 1.06 bits per heavy atom. The molecule has 0 saturated heterocycles. The summed E-state index contributed by atoms with van der Waals surface area (Å²) < 4.78 is 42.4. The summed E-state index contributed by atoms with van der Waals surface area (Å²) in [5, 5.41) is 0.359. The predicted octanol–water partition coefficient (Wildman–Crippen LogP) is 4.55. The first-order valence-electron chi connectivity index (χ1n) is 10.1. The normalized spacial score (nSPS) is 11.5. The molecule has 8 nitrogen and oxygen atoms in total. The highest BCUT2D eigenvalue weighted by Crippen LogP contribution is 2.41. The number of fused-ring (bicyclic) bond motifs is 1. The third-order valence-corrected chi connectivity index (χ3v) is 7.98. The summed E-state index contributed by atoms with van der Waals surface area (Å²) in [4.78, 5) is 19.8. The molecule has 10 heteroatoms. The van der Waals surface area contributed by atoms with Crippen LogP contribution in [0.4, 0.5) is 5.13 Å². The number of carbonyl (C=O) groups excluding carboxylic acids is 1. The molecule has 4 aromatic rings. The zero-order valence-electron chi connectivity index (χ0n) is 18.3. The molecule has 0 saturated carbocycles. The predicted molar refractivity (Wildman–Crippen MR) is 126 cm³/mol. The van der Waals surface area contributed by atoms with Crippen LogP contribution in [0.5, 0.6) is 11.5 Å². The molecule has 0 aliphatic carbocycles. The standard InChI is InChI=1S/C23H22N2O6S2/c1-4-33(27,28)19-10-6-5-9-16(19)22(26)25(14-15-8-7-13-31-15)23-24-20-17(29-2)11-12-18(30-3)21(20)32-23/h5-13H,4,14H2,1-3H3. The maximum absolute atomic E-state index is 13.8. The number of methoxy groups -OCH3 is 2. The molecule has 1 amide bonds. The van der Waals surface area contributed by atoms with E-state index >= 15 is 0 Å². The van der Waals surface area contributed by atoms with Crippen molar-refractivity contribution in [1.29, 1.82) is 0 Å². The van der Waals surface area contributed by atoms with E-state index in [0.717, 1.165) is 0 Å². The van der Waals surface area contributed by atoms with Crippen LogP contribution < -0.4 is 14.4 Å². The number of thiazole rings is 1. The lowest BCUT2D eigenvalue weighted by atomic mass is 10.2. The van der Waals surface area contributed by atoms with E-state index in [0.29, 0.717) is 32.6 Å². The molecule has 0 aliphatic heterocycles. The van der Waals surface area contributed by atoms with E-state index in [1.807, 2.05) is 0 Å². The van der Waals surface area contributed by atoms with Gasteiger partial charge in [-0.25, -0.2) is 13.4 Å². The summed E-state index contributed by atoms with van der Waals surface area (Å²) in [6, 6.07) is 13.2. The first kappa shape index (κ1) is 22.8. The molecule has 4 rings (SSSR count). The van der Waals surface area contributed by atoms with E-state index in [1.165, 1.54) is 41.7 Å². The van der Waals surface area contributed by atoms with Crippen LogP contribution in [0.2, 0.25) is 0 Å². The Balaban J connectivity index is 1.89. The number of rotatable bonds is 8. The number of sulfone groups is 1. The lowest BCUT2D eigenvalue weighted by Crippen LogP contribution is -2.31.